The second-order valence-electron chi connectivity index (χ2n) is 6.74. The van der Waals surface area contributed by atoms with E-state index in [0.717, 1.165) is 32.4 Å². The fourth-order valence-corrected chi connectivity index (χ4v) is 3.19. The van der Waals surface area contributed by atoms with E-state index < -0.39 is 0 Å². The van der Waals surface area contributed by atoms with Gasteiger partial charge in [-0.15, -0.1) is 0 Å². The molecule has 1 saturated heterocycles. The van der Waals surface area contributed by atoms with Gasteiger partial charge in [0.1, 0.15) is 0 Å². The molecular weight excluding hydrogens is 274 g/mol. The molecule has 0 saturated carbocycles. The van der Waals surface area contributed by atoms with Gasteiger partial charge < -0.3 is 15.5 Å². The Hall–Kier alpha value is -1.55. The Morgan fingerprint density at radius 3 is 2.41 bits per heavy atom. The first-order valence-corrected chi connectivity index (χ1v) is 8.31. The Morgan fingerprint density at radius 2 is 1.86 bits per heavy atom. The van der Waals surface area contributed by atoms with E-state index >= 15 is 0 Å². The Balaban J connectivity index is 1.86. The van der Waals surface area contributed by atoms with Gasteiger partial charge in [-0.2, -0.15) is 0 Å². The van der Waals surface area contributed by atoms with E-state index in [0.29, 0.717) is 12.0 Å². The normalized spacial score (nSPS) is 17.6. The molecule has 1 heterocycles. The summed E-state index contributed by atoms with van der Waals surface area (Å²) in [6.07, 6.45) is 2.78. The number of para-hydroxylation sites is 1. The molecule has 2 N–H and O–H groups in total. The van der Waals surface area contributed by atoms with E-state index in [-0.39, 0.29) is 11.9 Å². The lowest BCUT2D eigenvalue weighted by Gasteiger charge is -2.38. The van der Waals surface area contributed by atoms with E-state index in [1.807, 2.05) is 11.0 Å². The summed E-state index contributed by atoms with van der Waals surface area (Å²) in [6, 6.07) is 10.6. The molecule has 122 valence electrons. The van der Waals surface area contributed by atoms with E-state index in [2.05, 4.69) is 50.1 Å². The van der Waals surface area contributed by atoms with Crippen molar-refractivity contribution in [3.05, 3.63) is 30.3 Å². The van der Waals surface area contributed by atoms with Crippen LogP contribution in [0.5, 0.6) is 0 Å². The van der Waals surface area contributed by atoms with Crippen LogP contribution in [0.4, 0.5) is 5.69 Å². The second-order valence-corrected chi connectivity index (χ2v) is 6.74. The van der Waals surface area contributed by atoms with Crippen LogP contribution in [0.3, 0.4) is 0 Å². The van der Waals surface area contributed by atoms with Crippen molar-refractivity contribution in [1.82, 2.24) is 4.90 Å². The van der Waals surface area contributed by atoms with Gasteiger partial charge >= 0.3 is 0 Å². The van der Waals surface area contributed by atoms with Crippen molar-refractivity contribution >= 4 is 11.6 Å². The molecule has 1 atom stereocenters. The number of anilines is 1. The standard InChI is InChI=1S/C18H29N3O/c1-14(2)13-17(19)18(22)21-11-9-16(10-12-21)20(3)15-7-5-4-6-8-15/h4-8,14,16-17H,9-13,19H2,1-3H3/t17-/m0/s1. The number of carbonyl (C=O) groups is 1. The van der Waals surface area contributed by atoms with Crippen LogP contribution in [-0.2, 0) is 4.79 Å². The smallest absolute Gasteiger partial charge is 0.239 e. The van der Waals surface area contributed by atoms with E-state index in [9.17, 15) is 4.79 Å². The van der Waals surface area contributed by atoms with E-state index in [4.69, 9.17) is 5.73 Å². The number of nitrogens with two attached hydrogens (primary N) is 1. The molecule has 0 bridgehead atoms. The molecule has 0 aliphatic carbocycles. The van der Waals surface area contributed by atoms with Crippen molar-refractivity contribution in [3.8, 4) is 0 Å². The molecule has 22 heavy (non-hydrogen) atoms. The van der Waals surface area contributed by atoms with Gasteiger partial charge in [0.25, 0.3) is 0 Å². The summed E-state index contributed by atoms with van der Waals surface area (Å²) in [7, 11) is 2.14. The zero-order chi connectivity index (χ0) is 16.1. The number of hydrogen-bond donors (Lipinski definition) is 1. The zero-order valence-electron chi connectivity index (χ0n) is 14.0. The average molecular weight is 303 g/mol. The van der Waals surface area contributed by atoms with Gasteiger partial charge in [-0.3, -0.25) is 4.79 Å². The van der Waals surface area contributed by atoms with Crippen molar-refractivity contribution in [2.24, 2.45) is 11.7 Å². The summed E-state index contributed by atoms with van der Waals surface area (Å²) < 4.78 is 0. The van der Waals surface area contributed by atoms with E-state index in [1.54, 1.807) is 0 Å². The maximum Gasteiger partial charge on any atom is 0.239 e. The molecule has 1 aromatic carbocycles. The highest BCUT2D eigenvalue weighted by Crippen LogP contribution is 2.22. The highest BCUT2D eigenvalue weighted by Gasteiger charge is 2.28. The zero-order valence-corrected chi connectivity index (χ0v) is 14.0. The van der Waals surface area contributed by atoms with Gasteiger partial charge in [0.15, 0.2) is 0 Å². The fraction of sp³-hybridized carbons (Fsp3) is 0.611. The van der Waals surface area contributed by atoms with Gasteiger partial charge in [-0.25, -0.2) is 0 Å². The van der Waals surface area contributed by atoms with Crippen molar-refractivity contribution in [2.45, 2.75) is 45.2 Å². The molecule has 1 aromatic rings. The molecule has 1 fully saturated rings. The predicted octanol–water partition coefficient (Wildman–Crippen LogP) is 2.49. The van der Waals surface area contributed by atoms with Crippen molar-refractivity contribution in [3.63, 3.8) is 0 Å². The quantitative estimate of drug-likeness (QED) is 0.909. The first kappa shape index (κ1) is 16.8. The average Bonchev–Trinajstić information content (AvgIpc) is 2.54. The lowest BCUT2D eigenvalue weighted by Crippen LogP contribution is -2.50. The minimum absolute atomic E-state index is 0.120. The first-order chi connectivity index (χ1) is 10.5. The number of likely N-dealkylation sites (tertiary alicyclic amines) is 1. The molecule has 1 amide bonds. The summed E-state index contributed by atoms with van der Waals surface area (Å²) in [6.45, 7) is 5.83. The molecule has 1 aliphatic heterocycles. The lowest BCUT2D eigenvalue weighted by molar-refractivity contribution is -0.134. The molecule has 0 radical (unpaired) electrons. The highest BCUT2D eigenvalue weighted by molar-refractivity contribution is 5.81. The van der Waals surface area contributed by atoms with Crippen LogP contribution in [-0.4, -0.2) is 43.0 Å². The third kappa shape index (κ3) is 4.23. The largest absolute Gasteiger partial charge is 0.371 e. The number of rotatable bonds is 5. The van der Waals surface area contributed by atoms with Crippen LogP contribution in [0.25, 0.3) is 0 Å². The van der Waals surface area contributed by atoms with Crippen LogP contribution in [0, 0.1) is 5.92 Å². The third-order valence-electron chi connectivity index (χ3n) is 4.53. The number of amides is 1. The maximum absolute atomic E-state index is 12.4. The minimum atomic E-state index is -0.344. The predicted molar refractivity (Wildman–Crippen MR) is 91.9 cm³/mol. The molecule has 0 aromatic heterocycles. The van der Waals surface area contributed by atoms with Crippen molar-refractivity contribution < 1.29 is 4.79 Å². The maximum atomic E-state index is 12.4. The van der Waals surface area contributed by atoms with Gasteiger partial charge in [0.05, 0.1) is 6.04 Å². The number of nitrogens with zero attached hydrogens (tertiary/aromatic N) is 2. The van der Waals surface area contributed by atoms with Gasteiger partial charge in [0.2, 0.25) is 5.91 Å². The molecule has 0 spiro atoms. The topological polar surface area (TPSA) is 49.6 Å². The lowest BCUT2D eigenvalue weighted by atomic mass is 9.99. The first-order valence-electron chi connectivity index (χ1n) is 8.31. The van der Waals surface area contributed by atoms with Crippen LogP contribution in [0.15, 0.2) is 30.3 Å². The molecule has 2 rings (SSSR count). The SMILES string of the molecule is CC(C)C[C@H](N)C(=O)N1CCC(N(C)c2ccccc2)CC1. The number of benzene rings is 1. The molecule has 4 nitrogen and oxygen atoms in total. The van der Waals surface area contributed by atoms with Crippen molar-refractivity contribution in [2.75, 3.05) is 25.0 Å². The summed E-state index contributed by atoms with van der Waals surface area (Å²) in [5.74, 6) is 0.579. The summed E-state index contributed by atoms with van der Waals surface area (Å²) in [4.78, 5) is 16.6. The number of piperidine rings is 1. The molecular formula is C18H29N3O. The van der Waals surface area contributed by atoms with Crippen LogP contribution in [0.2, 0.25) is 0 Å². The number of hydrogen-bond acceptors (Lipinski definition) is 3. The number of carbonyl (C=O) groups excluding carboxylic acids is 1. The van der Waals surface area contributed by atoms with Gasteiger partial charge in [-0.05, 0) is 37.3 Å². The van der Waals surface area contributed by atoms with Crippen molar-refractivity contribution in [1.29, 1.82) is 0 Å². The van der Waals surface area contributed by atoms with Gasteiger partial charge in [0, 0.05) is 31.9 Å². The summed E-state index contributed by atoms with van der Waals surface area (Å²) in [5.41, 5.74) is 7.27. The van der Waals surface area contributed by atoms with Gasteiger partial charge in [-0.1, -0.05) is 32.0 Å². The molecule has 1 aliphatic rings. The molecule has 0 unspecified atom stereocenters. The summed E-state index contributed by atoms with van der Waals surface area (Å²) in [5, 5.41) is 0. The fourth-order valence-electron chi connectivity index (χ4n) is 3.19. The van der Waals surface area contributed by atoms with Crippen LogP contribution in [0.1, 0.15) is 33.1 Å². The summed E-state index contributed by atoms with van der Waals surface area (Å²) >= 11 is 0. The third-order valence-corrected chi connectivity index (χ3v) is 4.53. The second kappa shape index (κ2) is 7.63. The minimum Gasteiger partial charge on any atom is -0.371 e. The Kier molecular flexibility index (Phi) is 5.83. The Labute approximate surface area is 134 Å². The van der Waals surface area contributed by atoms with E-state index in [1.165, 1.54) is 5.69 Å². The van der Waals surface area contributed by atoms with Crippen LogP contribution >= 0.6 is 0 Å². The highest BCUT2D eigenvalue weighted by atomic mass is 16.2. The Morgan fingerprint density at radius 1 is 1.27 bits per heavy atom. The van der Waals surface area contributed by atoms with Crippen LogP contribution < -0.4 is 10.6 Å². The molecule has 4 heteroatoms. The Bertz CT molecular complexity index is 466. The monoisotopic (exact) mass is 303 g/mol.